The fraction of sp³-hybridized carbons (Fsp3) is 0.357. The Morgan fingerprint density at radius 1 is 1.41 bits per heavy atom. The van der Waals surface area contributed by atoms with E-state index in [1.807, 2.05) is 37.3 Å². The van der Waals surface area contributed by atoms with Gasteiger partial charge in [0.25, 0.3) is 0 Å². The first-order chi connectivity index (χ1) is 8.19. The molecule has 1 rings (SSSR count). The number of esters is 1. The molecule has 0 aliphatic carbocycles. The van der Waals surface area contributed by atoms with Crippen molar-refractivity contribution in [1.82, 2.24) is 0 Å². The van der Waals surface area contributed by atoms with Crippen LogP contribution in [0.4, 0.5) is 0 Å². The highest BCUT2D eigenvalue weighted by Gasteiger charge is 2.24. The van der Waals surface area contributed by atoms with Gasteiger partial charge in [0.1, 0.15) is 0 Å². The Morgan fingerprint density at radius 2 is 2.06 bits per heavy atom. The molecule has 92 valence electrons. The molecule has 0 aliphatic rings. The van der Waals surface area contributed by atoms with E-state index in [2.05, 4.69) is 6.58 Å². The number of methoxy groups -OCH3 is 1. The van der Waals surface area contributed by atoms with Crippen molar-refractivity contribution in [1.29, 1.82) is 0 Å². The SMILES string of the molecule is C=C[C@H](C)[C@H](OCc1ccccc1)C(=O)OC. The number of carbonyl (C=O) groups excluding carboxylic acids is 1. The molecule has 0 saturated carbocycles. The van der Waals surface area contributed by atoms with E-state index in [0.717, 1.165) is 5.56 Å². The molecule has 0 spiro atoms. The van der Waals surface area contributed by atoms with Gasteiger partial charge in [-0.1, -0.05) is 43.3 Å². The summed E-state index contributed by atoms with van der Waals surface area (Å²) in [5, 5.41) is 0. The summed E-state index contributed by atoms with van der Waals surface area (Å²) in [6.45, 7) is 5.93. The molecule has 1 aromatic rings. The molecule has 0 aliphatic heterocycles. The predicted octanol–water partition coefficient (Wildman–Crippen LogP) is 2.57. The monoisotopic (exact) mass is 234 g/mol. The van der Waals surface area contributed by atoms with Crippen molar-refractivity contribution in [2.24, 2.45) is 5.92 Å². The highest BCUT2D eigenvalue weighted by Crippen LogP contribution is 2.13. The highest BCUT2D eigenvalue weighted by molar-refractivity contribution is 5.75. The number of ether oxygens (including phenoxy) is 2. The second kappa shape index (κ2) is 6.86. The first-order valence-corrected chi connectivity index (χ1v) is 5.55. The third kappa shape index (κ3) is 4.04. The average molecular weight is 234 g/mol. The number of hydrogen-bond acceptors (Lipinski definition) is 3. The molecule has 1 aromatic carbocycles. The van der Waals surface area contributed by atoms with Gasteiger partial charge in [-0.15, -0.1) is 6.58 Å². The van der Waals surface area contributed by atoms with Crippen molar-refractivity contribution >= 4 is 5.97 Å². The molecule has 3 heteroatoms. The fourth-order valence-electron chi connectivity index (χ4n) is 1.43. The summed E-state index contributed by atoms with van der Waals surface area (Å²) in [6, 6.07) is 9.71. The van der Waals surface area contributed by atoms with Gasteiger partial charge in [0.15, 0.2) is 6.10 Å². The molecule has 0 bridgehead atoms. The maximum absolute atomic E-state index is 11.5. The lowest BCUT2D eigenvalue weighted by molar-refractivity contribution is -0.157. The van der Waals surface area contributed by atoms with Gasteiger partial charge in [-0.2, -0.15) is 0 Å². The Hall–Kier alpha value is -1.61. The lowest BCUT2D eigenvalue weighted by Gasteiger charge is -2.19. The molecular weight excluding hydrogens is 216 g/mol. The molecular formula is C14H18O3. The van der Waals surface area contributed by atoms with Crippen LogP contribution < -0.4 is 0 Å². The summed E-state index contributed by atoms with van der Waals surface area (Å²) in [6.07, 6.45) is 1.09. The smallest absolute Gasteiger partial charge is 0.335 e. The zero-order valence-corrected chi connectivity index (χ0v) is 10.3. The van der Waals surface area contributed by atoms with Crippen molar-refractivity contribution in [2.45, 2.75) is 19.6 Å². The van der Waals surface area contributed by atoms with Crippen LogP contribution in [-0.4, -0.2) is 19.2 Å². The van der Waals surface area contributed by atoms with Crippen molar-refractivity contribution in [3.05, 3.63) is 48.6 Å². The molecule has 2 atom stereocenters. The van der Waals surface area contributed by atoms with E-state index in [4.69, 9.17) is 9.47 Å². The van der Waals surface area contributed by atoms with E-state index in [-0.39, 0.29) is 11.9 Å². The topological polar surface area (TPSA) is 35.5 Å². The van der Waals surface area contributed by atoms with Gasteiger partial charge in [-0.25, -0.2) is 4.79 Å². The van der Waals surface area contributed by atoms with Crippen LogP contribution in [0.1, 0.15) is 12.5 Å². The Balaban J connectivity index is 2.61. The molecule has 0 N–H and O–H groups in total. The molecule has 0 aromatic heterocycles. The van der Waals surface area contributed by atoms with E-state index in [1.165, 1.54) is 7.11 Å². The third-order valence-electron chi connectivity index (χ3n) is 2.56. The predicted molar refractivity (Wildman–Crippen MR) is 66.4 cm³/mol. The summed E-state index contributed by atoms with van der Waals surface area (Å²) in [5.74, 6) is -0.445. The van der Waals surface area contributed by atoms with Crippen LogP contribution in [0.5, 0.6) is 0 Å². The van der Waals surface area contributed by atoms with Gasteiger partial charge < -0.3 is 9.47 Å². The molecule has 0 radical (unpaired) electrons. The average Bonchev–Trinajstić information content (AvgIpc) is 2.39. The van der Waals surface area contributed by atoms with Crippen LogP contribution in [-0.2, 0) is 20.9 Å². The largest absolute Gasteiger partial charge is 0.467 e. The molecule has 0 fully saturated rings. The van der Waals surface area contributed by atoms with Crippen LogP contribution in [0.2, 0.25) is 0 Å². The molecule has 0 saturated heterocycles. The van der Waals surface area contributed by atoms with Crippen molar-refractivity contribution in [2.75, 3.05) is 7.11 Å². The van der Waals surface area contributed by atoms with Crippen LogP contribution in [0.25, 0.3) is 0 Å². The quantitative estimate of drug-likeness (QED) is 0.560. The second-order valence-corrected chi connectivity index (χ2v) is 3.84. The third-order valence-corrected chi connectivity index (χ3v) is 2.56. The fourth-order valence-corrected chi connectivity index (χ4v) is 1.43. The van der Waals surface area contributed by atoms with Crippen molar-refractivity contribution in [3.63, 3.8) is 0 Å². The molecule has 0 heterocycles. The minimum absolute atomic E-state index is 0.0776. The van der Waals surface area contributed by atoms with Gasteiger partial charge in [0.05, 0.1) is 13.7 Å². The normalized spacial score (nSPS) is 13.8. The van der Waals surface area contributed by atoms with Crippen LogP contribution in [0.3, 0.4) is 0 Å². The first kappa shape index (κ1) is 13.5. The zero-order valence-electron chi connectivity index (χ0n) is 10.3. The van der Waals surface area contributed by atoms with E-state index in [1.54, 1.807) is 6.08 Å². The summed E-state index contributed by atoms with van der Waals surface area (Å²) in [7, 11) is 1.36. The number of rotatable bonds is 6. The van der Waals surface area contributed by atoms with Gasteiger partial charge in [-0.05, 0) is 5.56 Å². The maximum atomic E-state index is 11.5. The zero-order chi connectivity index (χ0) is 12.7. The van der Waals surface area contributed by atoms with E-state index in [0.29, 0.717) is 6.61 Å². The number of carbonyl (C=O) groups is 1. The molecule has 0 unspecified atom stereocenters. The van der Waals surface area contributed by atoms with E-state index in [9.17, 15) is 4.79 Å². The van der Waals surface area contributed by atoms with Crippen LogP contribution in [0.15, 0.2) is 43.0 Å². The summed E-state index contributed by atoms with van der Waals surface area (Å²) in [4.78, 5) is 11.5. The Kier molecular flexibility index (Phi) is 5.43. The number of hydrogen-bond donors (Lipinski definition) is 0. The van der Waals surface area contributed by atoms with Gasteiger partial charge in [-0.3, -0.25) is 0 Å². The minimum Gasteiger partial charge on any atom is -0.467 e. The second-order valence-electron chi connectivity index (χ2n) is 3.84. The molecule has 0 amide bonds. The van der Waals surface area contributed by atoms with E-state index < -0.39 is 6.10 Å². The van der Waals surface area contributed by atoms with Gasteiger partial charge in [0, 0.05) is 5.92 Å². The summed E-state index contributed by atoms with van der Waals surface area (Å²) in [5.41, 5.74) is 1.03. The Bertz CT molecular complexity index is 359. The first-order valence-electron chi connectivity index (χ1n) is 5.55. The minimum atomic E-state index is -0.599. The van der Waals surface area contributed by atoms with Gasteiger partial charge >= 0.3 is 5.97 Å². The highest BCUT2D eigenvalue weighted by atomic mass is 16.6. The lowest BCUT2D eigenvalue weighted by atomic mass is 10.1. The Labute approximate surface area is 102 Å². The van der Waals surface area contributed by atoms with Crippen LogP contribution >= 0.6 is 0 Å². The van der Waals surface area contributed by atoms with Crippen molar-refractivity contribution < 1.29 is 14.3 Å². The van der Waals surface area contributed by atoms with E-state index >= 15 is 0 Å². The van der Waals surface area contributed by atoms with Crippen molar-refractivity contribution in [3.8, 4) is 0 Å². The summed E-state index contributed by atoms with van der Waals surface area (Å²) >= 11 is 0. The lowest BCUT2D eigenvalue weighted by Crippen LogP contribution is -2.31. The van der Waals surface area contributed by atoms with Crippen LogP contribution in [0, 0.1) is 5.92 Å². The van der Waals surface area contributed by atoms with Gasteiger partial charge in [0.2, 0.25) is 0 Å². The number of benzene rings is 1. The maximum Gasteiger partial charge on any atom is 0.335 e. The Morgan fingerprint density at radius 3 is 2.59 bits per heavy atom. The summed E-state index contributed by atoms with van der Waals surface area (Å²) < 4.78 is 10.3. The molecule has 17 heavy (non-hydrogen) atoms. The standard InChI is InChI=1S/C14H18O3/c1-4-11(2)13(14(15)16-3)17-10-12-8-6-5-7-9-12/h4-9,11,13H,1,10H2,2-3H3/t11-,13-/m0/s1. The molecule has 3 nitrogen and oxygen atoms in total.